The molecule has 2 rings (SSSR count). The molecule has 0 radical (unpaired) electrons. The molecule has 0 saturated heterocycles. The van der Waals surface area contributed by atoms with Crippen molar-refractivity contribution in [3.05, 3.63) is 27.5 Å². The van der Waals surface area contributed by atoms with Gasteiger partial charge in [-0.2, -0.15) is 13.2 Å². The molecule has 0 bridgehead atoms. The second-order valence-corrected chi connectivity index (χ2v) is 9.13. The van der Waals surface area contributed by atoms with Crippen LogP contribution in [-0.4, -0.2) is 38.9 Å². The minimum Gasteiger partial charge on any atom is -0.741 e. The van der Waals surface area contributed by atoms with Gasteiger partial charge in [0.2, 0.25) is 0 Å². The summed E-state index contributed by atoms with van der Waals surface area (Å²) in [5.74, 6) is 0. The molecular weight excluding hydrogens is 423 g/mol. The van der Waals surface area contributed by atoms with Crippen molar-refractivity contribution >= 4 is 39.5 Å². The molecule has 1 heterocycles. The van der Waals surface area contributed by atoms with Crippen LogP contribution in [-0.2, 0) is 16.7 Å². The number of benzene rings is 1. The van der Waals surface area contributed by atoms with Gasteiger partial charge < -0.3 is 4.55 Å². The molecule has 0 N–H and O–H groups in total. The van der Waals surface area contributed by atoms with Crippen LogP contribution in [0.4, 0.5) is 13.2 Å². The zero-order valence-corrected chi connectivity index (χ0v) is 14.7. The molecule has 0 atom stereocenters. The number of hydrogen-bond acceptors (Lipinski definition) is 3. The van der Waals surface area contributed by atoms with E-state index in [1.807, 2.05) is 0 Å². The van der Waals surface area contributed by atoms with E-state index in [-0.39, 0.29) is 20.4 Å². The number of alkyl halides is 3. The van der Waals surface area contributed by atoms with E-state index in [1.54, 1.807) is 7.11 Å². The Morgan fingerprint density at radius 2 is 1.81 bits per heavy atom. The van der Waals surface area contributed by atoms with E-state index >= 15 is 0 Å². The maximum absolute atomic E-state index is 10.7. The SMILES string of the molecule is CC[n+]1c(C)[te]c2ccc(C)cc21.O=S(=O)([O-])C(F)(F)F. The molecule has 4 nitrogen and oxygen atoms in total. The Morgan fingerprint density at radius 1 is 1.29 bits per heavy atom. The summed E-state index contributed by atoms with van der Waals surface area (Å²) in [6.07, 6.45) is 0. The largest absolute Gasteiger partial charge is 0.741 e. The van der Waals surface area contributed by atoms with Gasteiger partial charge in [0.1, 0.15) is 0 Å². The second kappa shape index (κ2) is 6.65. The fourth-order valence-corrected chi connectivity index (χ4v) is 4.74. The minimum absolute atomic E-state index is 0.0362. The van der Waals surface area contributed by atoms with Crippen LogP contribution >= 0.6 is 0 Å². The molecule has 0 aliphatic rings. The number of aromatic nitrogens is 1. The second-order valence-electron chi connectivity index (χ2n) is 4.24. The van der Waals surface area contributed by atoms with Crippen molar-refractivity contribution in [3.8, 4) is 0 Å². The Bertz CT molecular complexity index is 738. The summed E-state index contributed by atoms with van der Waals surface area (Å²) in [5.41, 5.74) is -2.80. The first kappa shape index (κ1) is 18.4. The van der Waals surface area contributed by atoms with Crippen LogP contribution in [0, 0.1) is 13.8 Å². The molecular formula is C12H14F3NO3STe. The van der Waals surface area contributed by atoms with Gasteiger partial charge in [-0.1, -0.05) is 0 Å². The summed E-state index contributed by atoms with van der Waals surface area (Å²) < 4.78 is 64.6. The first-order valence-electron chi connectivity index (χ1n) is 5.89. The van der Waals surface area contributed by atoms with Gasteiger partial charge in [-0.15, -0.1) is 0 Å². The molecule has 0 aliphatic heterocycles. The molecule has 1 aromatic heterocycles. The molecule has 118 valence electrons. The van der Waals surface area contributed by atoms with Crippen molar-refractivity contribution < 1.29 is 30.7 Å². The Morgan fingerprint density at radius 3 is 2.24 bits per heavy atom. The van der Waals surface area contributed by atoms with E-state index in [0.717, 1.165) is 6.54 Å². The summed E-state index contributed by atoms with van der Waals surface area (Å²) >= 11 is -0.0362. The van der Waals surface area contributed by atoms with Crippen LogP contribution < -0.4 is 4.57 Å². The third kappa shape index (κ3) is 4.68. The van der Waals surface area contributed by atoms with Crippen molar-refractivity contribution in [3.63, 3.8) is 0 Å². The van der Waals surface area contributed by atoms with E-state index in [1.165, 1.54) is 11.1 Å². The topological polar surface area (TPSA) is 61.1 Å². The van der Waals surface area contributed by atoms with Gasteiger partial charge >= 0.3 is 94.2 Å². The molecule has 9 heteroatoms. The fraction of sp³-hybridized carbons (Fsp3) is 0.417. The van der Waals surface area contributed by atoms with Gasteiger partial charge in [-0.05, 0) is 0 Å². The first-order valence-corrected chi connectivity index (χ1v) is 9.63. The normalized spacial score (nSPS) is 12.1. The van der Waals surface area contributed by atoms with Crippen LogP contribution in [0.5, 0.6) is 0 Å². The molecule has 0 aliphatic carbocycles. The van der Waals surface area contributed by atoms with Gasteiger partial charge in [0.15, 0.2) is 10.1 Å². The molecule has 0 amide bonds. The number of aryl methyl sites for hydroxylation is 3. The molecule has 0 unspecified atom stereocenters. The Balaban J connectivity index is 0.000000240. The maximum Gasteiger partial charge on any atom is 0.485 e. The average molecular weight is 437 g/mol. The van der Waals surface area contributed by atoms with E-state index in [9.17, 15) is 13.2 Å². The first-order chi connectivity index (χ1) is 9.47. The standard InChI is InChI=1S/C11H14NTe.CHF3O3S/c1-4-12-9(3)13-11-6-5-8(2)7-10(11)12;2-1(3,4)8(5,6)7/h5-7H,4H2,1-3H3;(H,5,6,7)/q+1;/p-1. The van der Waals surface area contributed by atoms with E-state index < -0.39 is 15.6 Å². The van der Waals surface area contributed by atoms with Crippen molar-refractivity contribution in [1.29, 1.82) is 0 Å². The van der Waals surface area contributed by atoms with Crippen molar-refractivity contribution in [2.75, 3.05) is 0 Å². The Hall–Kier alpha value is -0.620. The number of fused-ring (bicyclic) bond motifs is 1. The predicted octanol–water partition coefficient (Wildman–Crippen LogP) is 1.87. The van der Waals surface area contributed by atoms with Gasteiger partial charge in [0.05, 0.1) is 0 Å². The summed E-state index contributed by atoms with van der Waals surface area (Å²) in [5, 5.41) is 0. The zero-order chi connectivity index (χ0) is 16.4. The molecule has 0 saturated carbocycles. The van der Waals surface area contributed by atoms with E-state index in [2.05, 4.69) is 43.5 Å². The Kier molecular flexibility index (Phi) is 5.83. The van der Waals surface area contributed by atoms with Crippen LogP contribution in [0.25, 0.3) is 8.92 Å². The van der Waals surface area contributed by atoms with Crippen LogP contribution in [0.2, 0.25) is 0 Å². The number of rotatable bonds is 1. The average Bonchev–Trinajstić information content (AvgIpc) is 2.62. The molecule has 0 spiro atoms. The summed E-state index contributed by atoms with van der Waals surface area (Å²) in [4.78, 5) is 0. The van der Waals surface area contributed by atoms with Gasteiger partial charge in [-0.3, -0.25) is 0 Å². The Labute approximate surface area is 130 Å². The summed E-state index contributed by atoms with van der Waals surface area (Å²) in [6, 6.07) is 6.86. The van der Waals surface area contributed by atoms with Gasteiger partial charge in [-0.25, -0.2) is 8.42 Å². The molecule has 21 heavy (non-hydrogen) atoms. The van der Waals surface area contributed by atoms with Gasteiger partial charge in [0, 0.05) is 0 Å². The van der Waals surface area contributed by atoms with Crippen LogP contribution in [0.1, 0.15) is 16.2 Å². The van der Waals surface area contributed by atoms with Crippen molar-refractivity contribution in [1.82, 2.24) is 0 Å². The number of hydrogen-bond donors (Lipinski definition) is 0. The third-order valence-electron chi connectivity index (χ3n) is 2.64. The maximum atomic E-state index is 10.7. The quantitative estimate of drug-likeness (QED) is 0.297. The molecule has 2 aromatic rings. The summed E-state index contributed by atoms with van der Waals surface area (Å²) in [6.45, 7) is 7.80. The molecule has 1 aromatic carbocycles. The smallest absolute Gasteiger partial charge is 0.485 e. The zero-order valence-electron chi connectivity index (χ0n) is 11.6. The number of nitrogens with zero attached hydrogens (tertiary/aromatic N) is 1. The monoisotopic (exact) mass is 439 g/mol. The predicted molar refractivity (Wildman–Crippen MR) is 72.0 cm³/mol. The molecule has 0 fully saturated rings. The fourth-order valence-electron chi connectivity index (χ4n) is 1.70. The third-order valence-corrected chi connectivity index (χ3v) is 6.29. The van der Waals surface area contributed by atoms with Gasteiger partial charge in [0.25, 0.3) is 0 Å². The van der Waals surface area contributed by atoms with Crippen LogP contribution in [0.15, 0.2) is 18.2 Å². The van der Waals surface area contributed by atoms with Crippen molar-refractivity contribution in [2.45, 2.75) is 32.8 Å². The van der Waals surface area contributed by atoms with E-state index in [0.29, 0.717) is 0 Å². The summed E-state index contributed by atoms with van der Waals surface area (Å²) in [7, 11) is -6.09. The number of halogens is 3. The van der Waals surface area contributed by atoms with Crippen LogP contribution in [0.3, 0.4) is 0 Å². The van der Waals surface area contributed by atoms with Crippen molar-refractivity contribution in [2.24, 2.45) is 0 Å². The minimum atomic E-state index is -6.09. The van der Waals surface area contributed by atoms with E-state index in [4.69, 9.17) is 13.0 Å².